The van der Waals surface area contributed by atoms with Gasteiger partial charge in [0.15, 0.2) is 0 Å². The number of nitrogens with two attached hydrogens (primary N) is 1. The maximum Gasteiger partial charge on any atom is 0.418 e. The van der Waals surface area contributed by atoms with Crippen LogP contribution >= 0.6 is 0 Å². The van der Waals surface area contributed by atoms with Crippen molar-refractivity contribution in [3.05, 3.63) is 64.5 Å². The van der Waals surface area contributed by atoms with Crippen molar-refractivity contribution < 1.29 is 28.3 Å². The van der Waals surface area contributed by atoms with E-state index >= 15 is 0 Å². The van der Waals surface area contributed by atoms with Crippen LogP contribution in [0.15, 0.2) is 36.4 Å². The molecule has 9 nitrogen and oxygen atoms in total. The third kappa shape index (κ3) is 4.08. The Morgan fingerprint density at radius 1 is 1.00 bits per heavy atom. The molecule has 10 heteroatoms. The van der Waals surface area contributed by atoms with Gasteiger partial charge in [-0.15, -0.1) is 0 Å². The minimum absolute atomic E-state index is 0.0187. The van der Waals surface area contributed by atoms with Crippen molar-refractivity contribution in [1.82, 2.24) is 9.80 Å². The lowest BCUT2D eigenvalue weighted by Crippen LogP contribution is -2.48. The number of rotatable bonds is 5. The Morgan fingerprint density at radius 2 is 1.80 bits per heavy atom. The van der Waals surface area contributed by atoms with Crippen LogP contribution in [0.1, 0.15) is 60.8 Å². The Balaban J connectivity index is 1.10. The SMILES string of the molecule is NC1(C(=O)Nc2ccc3c(c2)CC[C@@]32OC(=O)N(CC(=O)N3Cc4ccc(F)cc4CCC3C3CC3)C2=O)CC1. The maximum absolute atomic E-state index is 13.9. The number of hydrogen-bond donors (Lipinski definition) is 2. The number of nitrogens with one attached hydrogen (secondary N) is 1. The third-order valence-corrected chi connectivity index (χ3v) is 9.26. The molecule has 3 N–H and O–H groups in total. The quantitative estimate of drug-likeness (QED) is 0.594. The van der Waals surface area contributed by atoms with Crippen LogP contribution in [0, 0.1) is 11.7 Å². The van der Waals surface area contributed by atoms with Crippen molar-refractivity contribution in [2.75, 3.05) is 11.9 Å². The van der Waals surface area contributed by atoms with Crippen LogP contribution in [-0.4, -0.2) is 51.7 Å². The van der Waals surface area contributed by atoms with Crippen LogP contribution in [0.25, 0.3) is 0 Å². The Hall–Kier alpha value is -3.79. The number of amides is 4. The average molecular weight is 547 g/mol. The Morgan fingerprint density at radius 3 is 2.55 bits per heavy atom. The second kappa shape index (κ2) is 8.86. The highest BCUT2D eigenvalue weighted by molar-refractivity contribution is 6.06. The second-order valence-corrected chi connectivity index (χ2v) is 11.9. The first-order valence-corrected chi connectivity index (χ1v) is 14.0. The molecule has 2 saturated carbocycles. The van der Waals surface area contributed by atoms with Crippen molar-refractivity contribution in [3.8, 4) is 0 Å². The summed E-state index contributed by atoms with van der Waals surface area (Å²) < 4.78 is 19.6. The van der Waals surface area contributed by atoms with E-state index in [0.717, 1.165) is 34.4 Å². The lowest BCUT2D eigenvalue weighted by Gasteiger charge is -2.31. The second-order valence-electron chi connectivity index (χ2n) is 11.9. The molecule has 1 unspecified atom stereocenters. The van der Waals surface area contributed by atoms with E-state index in [9.17, 15) is 23.6 Å². The van der Waals surface area contributed by atoms with Crippen LogP contribution in [0.2, 0.25) is 0 Å². The van der Waals surface area contributed by atoms with E-state index in [0.29, 0.717) is 55.8 Å². The van der Waals surface area contributed by atoms with E-state index in [-0.39, 0.29) is 30.1 Å². The first kappa shape index (κ1) is 25.2. The summed E-state index contributed by atoms with van der Waals surface area (Å²) in [4.78, 5) is 55.5. The van der Waals surface area contributed by atoms with Gasteiger partial charge in [0.05, 0.1) is 5.54 Å². The molecule has 7 rings (SSSR count). The number of ether oxygens (including phenoxy) is 1. The smallest absolute Gasteiger partial charge is 0.418 e. The van der Waals surface area contributed by atoms with Gasteiger partial charge >= 0.3 is 6.09 Å². The van der Waals surface area contributed by atoms with Crippen molar-refractivity contribution in [1.29, 1.82) is 0 Å². The molecule has 2 atom stereocenters. The van der Waals surface area contributed by atoms with Gasteiger partial charge in [-0.2, -0.15) is 0 Å². The summed E-state index contributed by atoms with van der Waals surface area (Å²) in [5.74, 6) is -1.01. The zero-order valence-electron chi connectivity index (χ0n) is 22.1. The lowest BCUT2D eigenvalue weighted by molar-refractivity contribution is -0.143. The van der Waals surface area contributed by atoms with E-state index in [1.54, 1.807) is 29.2 Å². The van der Waals surface area contributed by atoms with Gasteiger partial charge in [0.25, 0.3) is 5.91 Å². The van der Waals surface area contributed by atoms with Crippen molar-refractivity contribution in [3.63, 3.8) is 0 Å². The van der Waals surface area contributed by atoms with Crippen LogP contribution in [0.3, 0.4) is 0 Å². The van der Waals surface area contributed by atoms with Crippen molar-refractivity contribution in [2.45, 2.75) is 75.1 Å². The predicted octanol–water partition coefficient (Wildman–Crippen LogP) is 3.13. The lowest BCUT2D eigenvalue weighted by atomic mass is 9.94. The number of imide groups is 1. The molecule has 1 saturated heterocycles. The molecule has 0 radical (unpaired) electrons. The third-order valence-electron chi connectivity index (χ3n) is 9.26. The predicted molar refractivity (Wildman–Crippen MR) is 141 cm³/mol. The number of halogens is 1. The van der Waals surface area contributed by atoms with E-state index in [4.69, 9.17) is 10.5 Å². The van der Waals surface area contributed by atoms with Gasteiger partial charge in [-0.05, 0) is 91.8 Å². The van der Waals surface area contributed by atoms with E-state index < -0.39 is 29.7 Å². The van der Waals surface area contributed by atoms with Crippen molar-refractivity contribution in [2.24, 2.45) is 11.7 Å². The van der Waals surface area contributed by atoms with E-state index in [1.165, 1.54) is 12.1 Å². The number of benzene rings is 2. The molecule has 3 aliphatic carbocycles. The number of carbonyl (C=O) groups excluding carboxylic acids is 4. The first-order valence-electron chi connectivity index (χ1n) is 14.0. The fourth-order valence-corrected chi connectivity index (χ4v) is 6.56. The first-order chi connectivity index (χ1) is 19.2. The molecular weight excluding hydrogens is 515 g/mol. The van der Waals surface area contributed by atoms with Crippen LogP contribution in [-0.2, 0) is 44.1 Å². The zero-order valence-corrected chi connectivity index (χ0v) is 22.1. The highest BCUT2D eigenvalue weighted by atomic mass is 19.1. The molecular formula is C30H31FN4O5. The summed E-state index contributed by atoms with van der Waals surface area (Å²) in [6.45, 7) is -0.0829. The Labute approximate surface area is 230 Å². The summed E-state index contributed by atoms with van der Waals surface area (Å²) in [6.07, 6.45) is 4.66. The zero-order chi connectivity index (χ0) is 27.8. The number of anilines is 1. The maximum atomic E-state index is 13.9. The molecule has 40 heavy (non-hydrogen) atoms. The van der Waals surface area contributed by atoms with Gasteiger partial charge in [-0.1, -0.05) is 12.1 Å². The highest BCUT2D eigenvalue weighted by Crippen LogP contribution is 2.46. The van der Waals surface area contributed by atoms with Gasteiger partial charge in [-0.25, -0.2) is 14.1 Å². The van der Waals surface area contributed by atoms with E-state index in [1.807, 2.05) is 0 Å². The van der Waals surface area contributed by atoms with E-state index in [2.05, 4.69) is 5.32 Å². The highest BCUT2D eigenvalue weighted by Gasteiger charge is 2.58. The Bertz CT molecular complexity index is 1470. The Kier molecular flexibility index (Phi) is 5.58. The summed E-state index contributed by atoms with van der Waals surface area (Å²) >= 11 is 0. The minimum Gasteiger partial charge on any atom is -0.427 e. The fraction of sp³-hybridized carbons (Fsp3) is 0.467. The summed E-state index contributed by atoms with van der Waals surface area (Å²) in [7, 11) is 0. The fourth-order valence-electron chi connectivity index (χ4n) is 6.56. The van der Waals surface area contributed by atoms with Gasteiger partial charge < -0.3 is 20.7 Å². The van der Waals surface area contributed by atoms with Gasteiger partial charge in [0, 0.05) is 30.3 Å². The van der Waals surface area contributed by atoms with Gasteiger partial charge in [0.2, 0.25) is 17.4 Å². The number of hydrogen-bond acceptors (Lipinski definition) is 6. The standard InChI is InChI=1S/C30H31FN4O5/c31-21-5-3-20-15-34(24(17-1-2-17)8-4-18(20)13-21)25(36)16-35-27(38)30(40-28(35)39)10-9-19-14-22(6-7-23(19)30)33-26(37)29(32)11-12-29/h3,5-7,13-14,17,24H,1-2,4,8-12,15-16,32H2,(H,33,37)/t24?,30-/m1/s1. The molecule has 208 valence electrons. The number of aryl methyl sites for hydroxylation is 2. The number of nitrogens with zero attached hydrogens (tertiary/aromatic N) is 2. The topological polar surface area (TPSA) is 122 Å². The molecule has 1 spiro atoms. The normalized spacial score (nSPS) is 26.3. The molecule has 4 amide bonds. The molecule has 2 aromatic rings. The number of fused-ring (bicyclic) bond motifs is 3. The largest absolute Gasteiger partial charge is 0.427 e. The van der Waals surface area contributed by atoms with Crippen LogP contribution in [0.5, 0.6) is 0 Å². The summed E-state index contributed by atoms with van der Waals surface area (Å²) in [6, 6.07) is 9.82. The average Bonchev–Trinajstić information content (AvgIpc) is 3.85. The summed E-state index contributed by atoms with van der Waals surface area (Å²) in [5, 5.41) is 2.84. The molecule has 3 fully saturated rings. The molecule has 0 bridgehead atoms. The monoisotopic (exact) mass is 546 g/mol. The molecule has 2 aromatic carbocycles. The van der Waals surface area contributed by atoms with Gasteiger partial charge in [-0.3, -0.25) is 14.4 Å². The molecule has 2 aliphatic heterocycles. The molecule has 0 aromatic heterocycles. The summed E-state index contributed by atoms with van der Waals surface area (Å²) in [5.41, 5.74) is 7.45. The number of carbonyl (C=O) groups is 4. The minimum atomic E-state index is -1.47. The van der Waals surface area contributed by atoms with Gasteiger partial charge in [0.1, 0.15) is 12.4 Å². The molecule has 2 heterocycles. The van der Waals surface area contributed by atoms with Crippen LogP contribution < -0.4 is 11.1 Å². The van der Waals surface area contributed by atoms with Crippen molar-refractivity contribution >= 4 is 29.5 Å². The molecule has 5 aliphatic rings. The van der Waals surface area contributed by atoms with Crippen LogP contribution in [0.4, 0.5) is 14.9 Å².